The predicted molar refractivity (Wildman–Crippen MR) is 226 cm³/mol. The Morgan fingerprint density at radius 2 is 1.18 bits per heavy atom. The highest BCUT2D eigenvalue weighted by Gasteiger charge is 2.53. The number of hydrogen-bond donors (Lipinski definition) is 0. The van der Waals surface area contributed by atoms with Crippen molar-refractivity contribution in [3.05, 3.63) is 71.8 Å². The van der Waals surface area contributed by atoms with Crippen LogP contribution in [-0.2, 0) is 65.1 Å². The molecule has 0 bridgehead atoms. The lowest BCUT2D eigenvalue weighted by Crippen LogP contribution is -2.61. The molecule has 2 aromatic rings. The summed E-state index contributed by atoms with van der Waals surface area (Å²) in [4.78, 5) is 14.0. The summed E-state index contributed by atoms with van der Waals surface area (Å²) >= 11 is 0. The van der Waals surface area contributed by atoms with Gasteiger partial charge < -0.3 is 47.1 Å². The third kappa shape index (κ3) is 9.84. The monoisotopic (exact) mass is 848 g/mol. The number of carbonyl (C=O) groups is 1. The highest BCUT2D eigenvalue weighted by Crippen LogP contribution is 2.44. The smallest absolute Gasteiger partial charge is 0.192 e. The third-order valence-corrected chi connectivity index (χ3v) is 19.2. The van der Waals surface area contributed by atoms with Crippen LogP contribution in [0.3, 0.4) is 0 Å². The minimum atomic E-state index is -2.26. The van der Waals surface area contributed by atoms with E-state index in [1.165, 1.54) is 0 Å². The maximum atomic E-state index is 14.0. The van der Waals surface area contributed by atoms with E-state index >= 15 is 0 Å². The zero-order valence-corrected chi connectivity index (χ0v) is 37.3. The number of benzene rings is 2. The topological polar surface area (TPSA) is 109 Å². The number of carbonyl (C=O) groups excluding carboxylic acids is 1. The van der Waals surface area contributed by atoms with Crippen LogP contribution in [0.25, 0.3) is 0 Å². The van der Waals surface area contributed by atoms with Gasteiger partial charge >= 0.3 is 0 Å². The molecule has 7 aliphatic rings. The summed E-state index contributed by atoms with van der Waals surface area (Å²) in [6.45, 7) is 13.5. The Hall–Kier alpha value is -2.07. The molecule has 7 saturated heterocycles. The molecule has 60 heavy (non-hydrogen) atoms. The number of hydrogen-bond acceptors (Lipinski definition) is 11. The number of Topliss-reactive ketones (excluding diaryl/α,β-unsaturated/α-hetero) is 1. The Bertz CT molecular complexity index is 1710. The summed E-state index contributed by atoms with van der Waals surface area (Å²) in [5, 5.41) is -0.0164. The van der Waals surface area contributed by atoms with Crippen molar-refractivity contribution >= 4 is 14.1 Å². The van der Waals surface area contributed by atoms with Crippen LogP contribution in [0.5, 0.6) is 0 Å². The fourth-order valence-corrected chi connectivity index (χ4v) is 11.7. The molecular weight excluding hydrogens is 781 g/mol. The lowest BCUT2D eigenvalue weighted by atomic mass is 9.86. The predicted octanol–water partition coefficient (Wildman–Crippen LogP) is 7.65. The second-order valence-electron chi connectivity index (χ2n) is 20.0. The van der Waals surface area contributed by atoms with E-state index in [0.29, 0.717) is 51.9 Å². The van der Waals surface area contributed by atoms with Gasteiger partial charge in [0.2, 0.25) is 0 Å². The molecule has 0 spiro atoms. The van der Waals surface area contributed by atoms with Gasteiger partial charge in [-0.05, 0) is 54.9 Å². The highest BCUT2D eigenvalue weighted by molar-refractivity contribution is 6.74. The van der Waals surface area contributed by atoms with Crippen molar-refractivity contribution in [2.75, 3.05) is 13.2 Å². The first-order valence-corrected chi connectivity index (χ1v) is 25.9. The van der Waals surface area contributed by atoms with Gasteiger partial charge in [0.1, 0.15) is 12.2 Å². The molecule has 0 unspecified atom stereocenters. The van der Waals surface area contributed by atoms with E-state index in [2.05, 4.69) is 58.1 Å². The molecule has 12 heteroatoms. The molecule has 0 aromatic heterocycles. The van der Waals surface area contributed by atoms with Crippen molar-refractivity contribution < 1.29 is 51.9 Å². The standard InChI is InChI=1S/C48H68O11Si/c1-48(2,3)60(4,5)59-46-26-44-42(24-38(52-28-31-15-10-7-11-16-31)47(58-44)29-50-27-30-13-8-6-9-14-30)57-45(46)22-36-32(49)21-39-43(55-36)25-41-35(54-39)19-18-34-40(56-41)23-37-33(53-34)17-12-20-51-37/h6-11,13-16,33-47H,12,17-29H2,1-5H3/t33-,34+,35-,36+,37+,38-,39+,40-,41+,42+,43-,44-,45-,46+,47+/m0/s1. The lowest BCUT2D eigenvalue weighted by Gasteiger charge is -2.51. The van der Waals surface area contributed by atoms with Gasteiger partial charge in [-0.3, -0.25) is 4.79 Å². The maximum absolute atomic E-state index is 14.0. The molecule has 330 valence electrons. The minimum Gasteiger partial charge on any atom is -0.411 e. The number of ether oxygens (including phenoxy) is 9. The van der Waals surface area contributed by atoms with Gasteiger partial charge in [0, 0.05) is 45.1 Å². The van der Waals surface area contributed by atoms with Gasteiger partial charge in [0.25, 0.3) is 0 Å². The number of rotatable bonds is 11. The first kappa shape index (κ1) is 43.2. The van der Waals surface area contributed by atoms with E-state index in [0.717, 1.165) is 49.8 Å². The normalized spacial score (nSPS) is 39.6. The van der Waals surface area contributed by atoms with Crippen molar-refractivity contribution in [1.29, 1.82) is 0 Å². The Labute approximate surface area is 357 Å². The molecule has 11 nitrogen and oxygen atoms in total. The maximum Gasteiger partial charge on any atom is 0.192 e. The van der Waals surface area contributed by atoms with Gasteiger partial charge in [-0.2, -0.15) is 0 Å². The van der Waals surface area contributed by atoms with Crippen LogP contribution in [0.2, 0.25) is 18.1 Å². The summed E-state index contributed by atoms with van der Waals surface area (Å²) in [5.41, 5.74) is 2.22. The van der Waals surface area contributed by atoms with Crippen molar-refractivity contribution in [3.8, 4) is 0 Å². The SMILES string of the molecule is CC(C)(C)[Si](C)(C)O[C@@H]1C[C@@H]2O[C@H](COCc3ccccc3)[C@@H](OCc3ccccc3)C[C@H]2O[C@H]1C[C@H]1O[C@H]2C[C@H]3O[C@H]4C[C@H]5OCCC[C@@H]5O[C@@H]4CC[C@@H]3O[C@@H]2CC1=O. The fraction of sp³-hybridized carbons (Fsp3) is 0.729. The van der Waals surface area contributed by atoms with Gasteiger partial charge in [-0.25, -0.2) is 0 Å². The molecule has 0 saturated carbocycles. The van der Waals surface area contributed by atoms with Crippen LogP contribution in [-0.4, -0.2) is 119 Å². The van der Waals surface area contributed by atoms with Gasteiger partial charge in [0.15, 0.2) is 14.1 Å². The molecule has 0 N–H and O–H groups in total. The fourth-order valence-electron chi connectivity index (χ4n) is 10.3. The Balaban J connectivity index is 0.890. The second-order valence-corrected chi connectivity index (χ2v) is 24.7. The van der Waals surface area contributed by atoms with Crippen molar-refractivity contribution in [3.63, 3.8) is 0 Å². The second kappa shape index (κ2) is 18.6. The van der Waals surface area contributed by atoms with E-state index in [1.807, 2.05) is 36.4 Å². The van der Waals surface area contributed by atoms with Crippen LogP contribution in [0, 0.1) is 0 Å². The molecular formula is C48H68O11Si. The van der Waals surface area contributed by atoms with Crippen LogP contribution in [0.4, 0.5) is 0 Å². The molecule has 0 aliphatic carbocycles. The van der Waals surface area contributed by atoms with Crippen molar-refractivity contribution in [2.45, 2.75) is 208 Å². The van der Waals surface area contributed by atoms with Crippen molar-refractivity contribution in [1.82, 2.24) is 0 Å². The van der Waals surface area contributed by atoms with Gasteiger partial charge in [0.05, 0.1) is 99.2 Å². The summed E-state index contributed by atoms with van der Waals surface area (Å²) < 4.78 is 67.1. The van der Waals surface area contributed by atoms with Crippen LogP contribution < -0.4 is 0 Å². The van der Waals surface area contributed by atoms with E-state index < -0.39 is 14.4 Å². The van der Waals surface area contributed by atoms with E-state index in [9.17, 15) is 4.79 Å². The zero-order valence-electron chi connectivity index (χ0n) is 36.3. The van der Waals surface area contributed by atoms with Crippen molar-refractivity contribution in [2.24, 2.45) is 0 Å². The number of fused-ring (bicyclic) bond motifs is 5. The Kier molecular flexibility index (Phi) is 13.4. The van der Waals surface area contributed by atoms with Crippen LogP contribution in [0.1, 0.15) is 96.1 Å². The summed E-state index contributed by atoms with van der Waals surface area (Å²) in [5.74, 6) is 0.0684. The van der Waals surface area contributed by atoms with E-state index in [-0.39, 0.29) is 96.3 Å². The summed E-state index contributed by atoms with van der Waals surface area (Å²) in [7, 11) is -2.26. The third-order valence-electron chi connectivity index (χ3n) is 14.7. The van der Waals surface area contributed by atoms with Crippen LogP contribution >= 0.6 is 0 Å². The lowest BCUT2D eigenvalue weighted by molar-refractivity contribution is -0.266. The molecule has 15 atom stereocenters. The average Bonchev–Trinajstić information content (AvgIpc) is 3.40. The van der Waals surface area contributed by atoms with E-state index in [4.69, 9.17) is 47.1 Å². The highest BCUT2D eigenvalue weighted by atomic mass is 28.4. The average molecular weight is 849 g/mol. The quantitative estimate of drug-likeness (QED) is 0.208. The number of ketones is 1. The molecule has 0 radical (unpaired) electrons. The molecule has 2 aromatic carbocycles. The summed E-state index contributed by atoms with van der Waals surface area (Å²) in [6, 6.07) is 20.5. The molecule has 0 amide bonds. The molecule has 7 fully saturated rings. The van der Waals surface area contributed by atoms with E-state index in [1.54, 1.807) is 0 Å². The molecule has 7 heterocycles. The summed E-state index contributed by atoms with van der Waals surface area (Å²) in [6.07, 6.45) is 4.81. The Morgan fingerprint density at radius 1 is 0.617 bits per heavy atom. The van der Waals surface area contributed by atoms with Gasteiger partial charge in [-0.15, -0.1) is 0 Å². The first-order chi connectivity index (χ1) is 29.0. The van der Waals surface area contributed by atoms with Crippen LogP contribution in [0.15, 0.2) is 60.7 Å². The first-order valence-electron chi connectivity index (χ1n) is 23.0. The largest absolute Gasteiger partial charge is 0.411 e. The molecule has 7 aliphatic heterocycles. The van der Waals surface area contributed by atoms with Gasteiger partial charge in [-0.1, -0.05) is 81.4 Å². The zero-order chi connectivity index (χ0) is 41.4. The minimum absolute atomic E-state index is 0.0164. The Morgan fingerprint density at radius 3 is 1.88 bits per heavy atom. The molecule has 9 rings (SSSR count).